The van der Waals surface area contributed by atoms with Gasteiger partial charge in [0.25, 0.3) is 0 Å². The number of ether oxygens (including phenoxy) is 1. The lowest BCUT2D eigenvalue weighted by Crippen LogP contribution is -2.29. The van der Waals surface area contributed by atoms with E-state index in [0.29, 0.717) is 26.1 Å². The van der Waals surface area contributed by atoms with Crippen LogP contribution in [0.25, 0.3) is 0 Å². The maximum Gasteiger partial charge on any atom is 0.416 e. The fourth-order valence-electron chi connectivity index (χ4n) is 2.37. The Morgan fingerprint density at radius 3 is 2.39 bits per heavy atom. The van der Waals surface area contributed by atoms with E-state index in [2.05, 4.69) is 0 Å². The van der Waals surface area contributed by atoms with E-state index in [-0.39, 0.29) is 11.5 Å². The van der Waals surface area contributed by atoms with Gasteiger partial charge in [-0.05, 0) is 30.4 Å². The molecule has 0 unspecified atom stereocenters. The summed E-state index contributed by atoms with van der Waals surface area (Å²) in [6.07, 6.45) is -2.92. The van der Waals surface area contributed by atoms with E-state index in [1.54, 1.807) is 6.07 Å². The third-order valence-corrected chi connectivity index (χ3v) is 3.40. The van der Waals surface area contributed by atoms with Crippen molar-refractivity contribution in [2.45, 2.75) is 25.1 Å². The number of rotatable bonds is 2. The second-order valence-corrected chi connectivity index (χ2v) is 4.56. The Balaban J connectivity index is 2.26. The Morgan fingerprint density at radius 2 is 1.78 bits per heavy atom. The van der Waals surface area contributed by atoms with Crippen LogP contribution in [0.4, 0.5) is 13.2 Å². The number of hydrogen-bond acceptors (Lipinski definition) is 2. The predicted molar refractivity (Wildman–Crippen MR) is 61.9 cm³/mol. The topological polar surface area (TPSA) is 35.2 Å². The van der Waals surface area contributed by atoms with Gasteiger partial charge in [0.05, 0.1) is 5.56 Å². The van der Waals surface area contributed by atoms with Crippen molar-refractivity contribution in [3.8, 4) is 0 Å². The molecule has 1 fully saturated rings. The highest BCUT2D eigenvalue weighted by Gasteiger charge is 2.36. The van der Waals surface area contributed by atoms with Crippen molar-refractivity contribution in [3.05, 3.63) is 35.4 Å². The molecule has 1 aliphatic rings. The van der Waals surface area contributed by atoms with Gasteiger partial charge in [0.15, 0.2) is 0 Å². The zero-order valence-electron chi connectivity index (χ0n) is 9.91. The summed E-state index contributed by atoms with van der Waals surface area (Å²) in [5.41, 5.74) is 5.58. The average Bonchev–Trinajstić information content (AvgIpc) is 2.38. The standard InChI is InChI=1S/C13H16F3NO/c14-13(15,16)11-4-2-1-3-10(11)12(17)9-5-7-18-8-6-9/h1-4,9,12H,5-8,17H2/t12-/m1/s1. The lowest BCUT2D eigenvalue weighted by Gasteiger charge is -2.29. The van der Waals surface area contributed by atoms with Crippen LogP contribution in [-0.2, 0) is 10.9 Å². The Hall–Kier alpha value is -1.07. The molecule has 2 N–H and O–H groups in total. The van der Waals surface area contributed by atoms with Crippen molar-refractivity contribution in [1.29, 1.82) is 0 Å². The second kappa shape index (κ2) is 5.28. The van der Waals surface area contributed by atoms with Crippen LogP contribution in [0.5, 0.6) is 0 Å². The molecule has 1 aromatic rings. The van der Waals surface area contributed by atoms with Crippen molar-refractivity contribution in [1.82, 2.24) is 0 Å². The normalized spacial score (nSPS) is 19.8. The smallest absolute Gasteiger partial charge is 0.381 e. The van der Waals surface area contributed by atoms with Crippen LogP contribution in [0.3, 0.4) is 0 Å². The van der Waals surface area contributed by atoms with Crippen LogP contribution in [0.1, 0.15) is 30.0 Å². The molecule has 0 amide bonds. The van der Waals surface area contributed by atoms with Gasteiger partial charge >= 0.3 is 6.18 Å². The molecule has 100 valence electrons. The third kappa shape index (κ3) is 2.84. The lowest BCUT2D eigenvalue weighted by atomic mass is 9.85. The summed E-state index contributed by atoms with van der Waals surface area (Å²) in [5.74, 6) is 0.0576. The van der Waals surface area contributed by atoms with Crippen molar-refractivity contribution < 1.29 is 17.9 Å². The lowest BCUT2D eigenvalue weighted by molar-refractivity contribution is -0.138. The highest BCUT2D eigenvalue weighted by Crippen LogP contribution is 2.37. The quantitative estimate of drug-likeness (QED) is 0.885. The summed E-state index contributed by atoms with van der Waals surface area (Å²) >= 11 is 0. The average molecular weight is 259 g/mol. The van der Waals surface area contributed by atoms with Crippen LogP contribution in [0.2, 0.25) is 0 Å². The van der Waals surface area contributed by atoms with Gasteiger partial charge < -0.3 is 10.5 Å². The second-order valence-electron chi connectivity index (χ2n) is 4.56. The van der Waals surface area contributed by atoms with Gasteiger partial charge in [-0.25, -0.2) is 0 Å². The molecule has 18 heavy (non-hydrogen) atoms. The van der Waals surface area contributed by atoms with Crippen molar-refractivity contribution in [2.24, 2.45) is 11.7 Å². The molecular weight excluding hydrogens is 243 g/mol. The van der Waals surface area contributed by atoms with Crippen molar-refractivity contribution in [3.63, 3.8) is 0 Å². The molecule has 1 aliphatic heterocycles. The summed E-state index contributed by atoms with van der Waals surface area (Å²) in [6.45, 7) is 1.15. The zero-order valence-corrected chi connectivity index (χ0v) is 9.91. The van der Waals surface area contributed by atoms with E-state index in [9.17, 15) is 13.2 Å². The van der Waals surface area contributed by atoms with Gasteiger partial charge in [0, 0.05) is 19.3 Å². The van der Waals surface area contributed by atoms with Gasteiger partial charge in [-0.1, -0.05) is 18.2 Å². The molecule has 2 nitrogen and oxygen atoms in total. The van der Waals surface area contributed by atoms with Gasteiger partial charge in [-0.15, -0.1) is 0 Å². The van der Waals surface area contributed by atoms with Crippen LogP contribution in [0.15, 0.2) is 24.3 Å². The summed E-state index contributed by atoms with van der Waals surface area (Å²) in [4.78, 5) is 0. The number of benzene rings is 1. The maximum atomic E-state index is 12.9. The van der Waals surface area contributed by atoms with E-state index >= 15 is 0 Å². The highest BCUT2D eigenvalue weighted by atomic mass is 19.4. The summed E-state index contributed by atoms with van der Waals surface area (Å²) in [5, 5.41) is 0. The molecule has 0 saturated carbocycles. The minimum absolute atomic E-state index is 0.0576. The molecule has 1 atom stereocenters. The summed E-state index contributed by atoms with van der Waals surface area (Å²) in [6, 6.07) is 4.98. The molecular formula is C13H16F3NO. The molecule has 0 aliphatic carbocycles. The van der Waals surface area contributed by atoms with E-state index in [0.717, 1.165) is 6.07 Å². The Bertz CT molecular complexity index is 399. The first kappa shape index (κ1) is 13.4. The molecule has 0 spiro atoms. The van der Waals surface area contributed by atoms with Crippen molar-refractivity contribution in [2.75, 3.05) is 13.2 Å². The molecule has 0 radical (unpaired) electrons. The maximum absolute atomic E-state index is 12.9. The van der Waals surface area contributed by atoms with Gasteiger partial charge in [-0.3, -0.25) is 0 Å². The highest BCUT2D eigenvalue weighted by molar-refractivity contribution is 5.32. The minimum atomic E-state index is -4.35. The van der Waals surface area contributed by atoms with Gasteiger partial charge in [0.2, 0.25) is 0 Å². The van der Waals surface area contributed by atoms with Crippen LogP contribution in [-0.4, -0.2) is 13.2 Å². The van der Waals surface area contributed by atoms with E-state index in [1.165, 1.54) is 12.1 Å². The molecule has 1 saturated heterocycles. The fraction of sp³-hybridized carbons (Fsp3) is 0.538. The van der Waals surface area contributed by atoms with E-state index in [4.69, 9.17) is 10.5 Å². The number of nitrogens with two attached hydrogens (primary N) is 1. The van der Waals surface area contributed by atoms with E-state index < -0.39 is 17.8 Å². The SMILES string of the molecule is N[C@@H](c1ccccc1C(F)(F)F)C1CCOCC1. The number of halogens is 3. The Labute approximate surface area is 104 Å². The summed E-state index contributed by atoms with van der Waals surface area (Å²) in [7, 11) is 0. The largest absolute Gasteiger partial charge is 0.416 e. The molecule has 2 rings (SSSR count). The van der Waals surface area contributed by atoms with Crippen LogP contribution in [0, 0.1) is 5.92 Å². The first-order chi connectivity index (χ1) is 8.50. The summed E-state index contributed by atoms with van der Waals surface area (Å²) < 4.78 is 43.9. The number of alkyl halides is 3. The Kier molecular flexibility index (Phi) is 3.92. The Morgan fingerprint density at radius 1 is 1.17 bits per heavy atom. The molecule has 0 bridgehead atoms. The first-order valence-electron chi connectivity index (χ1n) is 5.99. The van der Waals surface area contributed by atoms with Gasteiger partial charge in [-0.2, -0.15) is 13.2 Å². The monoisotopic (exact) mass is 259 g/mol. The van der Waals surface area contributed by atoms with Gasteiger partial charge in [0.1, 0.15) is 0 Å². The fourth-order valence-corrected chi connectivity index (χ4v) is 2.37. The number of hydrogen-bond donors (Lipinski definition) is 1. The third-order valence-electron chi connectivity index (χ3n) is 3.40. The predicted octanol–water partition coefficient (Wildman–Crippen LogP) is 3.13. The van der Waals surface area contributed by atoms with Crippen LogP contribution < -0.4 is 5.73 Å². The van der Waals surface area contributed by atoms with E-state index in [1.807, 2.05) is 0 Å². The molecule has 0 aromatic heterocycles. The molecule has 1 aromatic carbocycles. The zero-order chi connectivity index (χ0) is 13.2. The molecule has 5 heteroatoms. The van der Waals surface area contributed by atoms with Crippen molar-refractivity contribution >= 4 is 0 Å². The first-order valence-corrected chi connectivity index (χ1v) is 5.99. The molecule has 1 heterocycles. The van der Waals surface area contributed by atoms with Crippen LogP contribution >= 0.6 is 0 Å². The minimum Gasteiger partial charge on any atom is -0.381 e.